The molecule has 1 saturated carbocycles. The lowest BCUT2D eigenvalue weighted by atomic mass is 9.76. The summed E-state index contributed by atoms with van der Waals surface area (Å²) in [6.07, 6.45) is 12.4. The zero-order valence-electron chi connectivity index (χ0n) is 20.0. The first-order chi connectivity index (χ1) is 16.1. The second-order valence-electron chi connectivity index (χ2n) is 10.7. The highest BCUT2D eigenvalue weighted by Crippen LogP contribution is 2.39. The quantitative estimate of drug-likeness (QED) is 0.717. The molecule has 0 aromatic carbocycles. The zero-order valence-corrected chi connectivity index (χ0v) is 20.0. The molecule has 0 spiro atoms. The van der Waals surface area contributed by atoms with Crippen LogP contribution >= 0.6 is 0 Å². The molecule has 180 valence electrons. The summed E-state index contributed by atoms with van der Waals surface area (Å²) in [5.41, 5.74) is 0.675. The summed E-state index contributed by atoms with van der Waals surface area (Å²) in [5.74, 6) is 2.06. The molecule has 7 nitrogen and oxygen atoms in total. The Kier molecular flexibility index (Phi) is 6.86. The van der Waals surface area contributed by atoms with E-state index in [4.69, 9.17) is 0 Å². The molecule has 4 aliphatic rings. The van der Waals surface area contributed by atoms with Gasteiger partial charge in [-0.25, -0.2) is 4.98 Å². The third kappa shape index (κ3) is 4.88. The molecule has 4 fully saturated rings. The zero-order chi connectivity index (χ0) is 22.8. The highest BCUT2D eigenvalue weighted by Gasteiger charge is 2.44. The predicted molar refractivity (Wildman–Crippen MR) is 129 cm³/mol. The molecule has 2 amide bonds. The maximum absolute atomic E-state index is 13.1. The van der Waals surface area contributed by atoms with E-state index in [9.17, 15) is 9.59 Å². The van der Waals surface area contributed by atoms with Gasteiger partial charge in [0.1, 0.15) is 5.82 Å². The van der Waals surface area contributed by atoms with Gasteiger partial charge < -0.3 is 20.0 Å². The number of pyridine rings is 1. The lowest BCUT2D eigenvalue weighted by Crippen LogP contribution is -2.60. The molecular weight excluding hydrogens is 414 g/mol. The monoisotopic (exact) mass is 453 g/mol. The van der Waals surface area contributed by atoms with Crippen LogP contribution in [0.5, 0.6) is 0 Å². The van der Waals surface area contributed by atoms with Crippen molar-refractivity contribution in [3.8, 4) is 0 Å². The molecule has 0 radical (unpaired) electrons. The number of anilines is 1. The van der Waals surface area contributed by atoms with Crippen molar-refractivity contribution in [1.82, 2.24) is 20.1 Å². The van der Waals surface area contributed by atoms with Crippen molar-refractivity contribution < 1.29 is 9.59 Å². The lowest BCUT2D eigenvalue weighted by Gasteiger charge is -2.52. The number of hydrogen-bond donors (Lipinski definition) is 1. The summed E-state index contributed by atoms with van der Waals surface area (Å²) in [6.45, 7) is 4.15. The van der Waals surface area contributed by atoms with Crippen molar-refractivity contribution in [2.45, 2.75) is 69.9 Å². The van der Waals surface area contributed by atoms with Crippen molar-refractivity contribution in [2.75, 3.05) is 44.7 Å². The lowest BCUT2D eigenvalue weighted by molar-refractivity contribution is -0.142. The third-order valence-corrected chi connectivity index (χ3v) is 8.46. The van der Waals surface area contributed by atoms with Gasteiger partial charge in [-0.1, -0.05) is 19.3 Å². The largest absolute Gasteiger partial charge is 0.355 e. The van der Waals surface area contributed by atoms with Crippen molar-refractivity contribution in [1.29, 1.82) is 0 Å². The smallest absolute Gasteiger partial charge is 0.255 e. The Hall–Kier alpha value is -2.15. The van der Waals surface area contributed by atoms with E-state index in [1.165, 1.54) is 38.5 Å². The molecule has 0 unspecified atom stereocenters. The maximum Gasteiger partial charge on any atom is 0.255 e. The number of amides is 2. The molecule has 2 bridgehead atoms. The molecule has 1 aliphatic carbocycles. The minimum atomic E-state index is -0.0275. The molecular formula is C26H39N5O2. The minimum Gasteiger partial charge on any atom is -0.355 e. The van der Waals surface area contributed by atoms with Crippen molar-refractivity contribution in [2.24, 2.45) is 11.8 Å². The van der Waals surface area contributed by atoms with E-state index in [1.807, 2.05) is 12.1 Å². The molecule has 5 rings (SSSR count). The first-order valence-corrected chi connectivity index (χ1v) is 13.1. The van der Waals surface area contributed by atoms with Gasteiger partial charge in [0.15, 0.2) is 0 Å². The number of piperidine rings is 3. The Morgan fingerprint density at radius 3 is 2.85 bits per heavy atom. The van der Waals surface area contributed by atoms with Crippen molar-refractivity contribution in [3.63, 3.8) is 0 Å². The average Bonchev–Trinajstić information content (AvgIpc) is 2.85. The van der Waals surface area contributed by atoms with E-state index in [-0.39, 0.29) is 5.91 Å². The van der Waals surface area contributed by atoms with Gasteiger partial charge in [0, 0.05) is 57.4 Å². The van der Waals surface area contributed by atoms with Crippen LogP contribution in [0.2, 0.25) is 0 Å². The van der Waals surface area contributed by atoms with Crippen LogP contribution in [-0.2, 0) is 4.79 Å². The van der Waals surface area contributed by atoms with E-state index >= 15 is 0 Å². The van der Waals surface area contributed by atoms with E-state index < -0.39 is 0 Å². The molecule has 7 heteroatoms. The fourth-order valence-corrected chi connectivity index (χ4v) is 6.75. The van der Waals surface area contributed by atoms with E-state index in [0.717, 1.165) is 44.8 Å². The van der Waals surface area contributed by atoms with E-state index in [2.05, 4.69) is 32.0 Å². The van der Waals surface area contributed by atoms with Gasteiger partial charge in [-0.2, -0.15) is 0 Å². The van der Waals surface area contributed by atoms with Gasteiger partial charge in [-0.15, -0.1) is 0 Å². The van der Waals surface area contributed by atoms with Crippen LogP contribution in [0.4, 0.5) is 5.82 Å². The second kappa shape index (κ2) is 10.00. The highest BCUT2D eigenvalue weighted by atomic mass is 16.2. The summed E-state index contributed by atoms with van der Waals surface area (Å²) in [7, 11) is 2.18. The Morgan fingerprint density at radius 2 is 2.00 bits per heavy atom. The molecule has 1 aromatic rings. The van der Waals surface area contributed by atoms with Crippen LogP contribution < -0.4 is 10.2 Å². The number of likely N-dealkylation sites (N-methyl/N-ethyl adjacent to an activating group) is 1. The summed E-state index contributed by atoms with van der Waals surface area (Å²) < 4.78 is 0. The summed E-state index contributed by atoms with van der Waals surface area (Å²) in [6, 6.07) is 4.78. The third-order valence-electron chi connectivity index (χ3n) is 8.46. The van der Waals surface area contributed by atoms with Crippen molar-refractivity contribution in [3.05, 3.63) is 23.9 Å². The van der Waals surface area contributed by atoms with Gasteiger partial charge in [0.25, 0.3) is 5.91 Å². The highest BCUT2D eigenvalue weighted by molar-refractivity contribution is 5.98. The van der Waals surface area contributed by atoms with Crippen LogP contribution in [0.15, 0.2) is 18.3 Å². The Bertz CT molecular complexity index is 855. The normalized spacial score (nSPS) is 28.1. The van der Waals surface area contributed by atoms with Crippen LogP contribution in [0.3, 0.4) is 0 Å². The predicted octanol–water partition coefficient (Wildman–Crippen LogP) is 2.91. The van der Waals surface area contributed by atoms with Gasteiger partial charge in [-0.3, -0.25) is 9.59 Å². The topological polar surface area (TPSA) is 68.8 Å². The molecule has 1 N–H and O–H groups in total. The summed E-state index contributed by atoms with van der Waals surface area (Å²) in [4.78, 5) is 37.1. The van der Waals surface area contributed by atoms with Gasteiger partial charge in [-0.05, 0) is 63.1 Å². The van der Waals surface area contributed by atoms with Crippen LogP contribution in [-0.4, -0.2) is 78.5 Å². The number of aromatic nitrogens is 1. The van der Waals surface area contributed by atoms with E-state index in [0.29, 0.717) is 48.4 Å². The van der Waals surface area contributed by atoms with Crippen LogP contribution in [0.1, 0.15) is 68.1 Å². The molecule has 4 heterocycles. The van der Waals surface area contributed by atoms with Gasteiger partial charge in [0.05, 0.1) is 5.56 Å². The number of nitrogens with one attached hydrogen (secondary N) is 1. The SMILES string of the molecule is CN(CCNC(=O)c1cccnc1N1C[C@H]2C[C@H](C1)[C@H]1CCCC(=O)N1C2)C1CCCCC1. The number of carbonyl (C=O) groups excluding carboxylic acids is 2. The first kappa shape index (κ1) is 22.6. The van der Waals surface area contributed by atoms with Gasteiger partial charge in [0.2, 0.25) is 5.91 Å². The second-order valence-corrected chi connectivity index (χ2v) is 10.7. The average molecular weight is 454 g/mol. The van der Waals surface area contributed by atoms with E-state index in [1.54, 1.807) is 6.20 Å². The maximum atomic E-state index is 13.1. The summed E-state index contributed by atoms with van der Waals surface area (Å²) in [5, 5.41) is 3.15. The summed E-state index contributed by atoms with van der Waals surface area (Å²) >= 11 is 0. The molecule has 3 saturated heterocycles. The molecule has 1 aromatic heterocycles. The van der Waals surface area contributed by atoms with Crippen LogP contribution in [0.25, 0.3) is 0 Å². The Labute approximate surface area is 197 Å². The molecule has 3 aliphatic heterocycles. The number of hydrogen-bond acceptors (Lipinski definition) is 5. The van der Waals surface area contributed by atoms with Crippen molar-refractivity contribution >= 4 is 17.6 Å². The number of rotatable bonds is 6. The Balaban J connectivity index is 1.22. The molecule has 33 heavy (non-hydrogen) atoms. The fourth-order valence-electron chi connectivity index (χ4n) is 6.75. The number of fused-ring (bicyclic) bond motifs is 4. The standard InChI is InChI=1S/C26H39N5O2/c1-29(21-7-3-2-4-8-21)14-13-28-26(33)22-9-6-12-27-25(22)30-16-19-15-20(18-30)23-10-5-11-24(32)31(23)17-19/h6,9,12,19-21,23H,2-5,7-8,10-11,13-18H2,1H3,(H,28,33)/t19-,20-,23-/m1/s1. The first-order valence-electron chi connectivity index (χ1n) is 13.1. The Morgan fingerprint density at radius 1 is 1.15 bits per heavy atom. The number of nitrogens with zero attached hydrogens (tertiary/aromatic N) is 4. The fraction of sp³-hybridized carbons (Fsp3) is 0.731. The number of carbonyl (C=O) groups is 2. The minimum absolute atomic E-state index is 0.0275. The van der Waals surface area contributed by atoms with Gasteiger partial charge >= 0.3 is 0 Å². The van der Waals surface area contributed by atoms with Crippen LogP contribution in [0, 0.1) is 11.8 Å². The molecule has 3 atom stereocenters.